The molecule has 0 aromatic heterocycles. The summed E-state index contributed by atoms with van der Waals surface area (Å²) in [6, 6.07) is 12.7. The topological polar surface area (TPSA) is 50.8 Å². The summed E-state index contributed by atoms with van der Waals surface area (Å²) in [5.41, 5.74) is 2.22. The normalized spacial score (nSPS) is 14.3. The maximum Gasteiger partial charge on any atom is 0.255 e. The maximum absolute atomic E-state index is 12.7. The van der Waals surface area contributed by atoms with Crippen molar-refractivity contribution in [3.63, 3.8) is 0 Å². The molecule has 0 aliphatic carbocycles. The molecule has 1 aliphatic heterocycles. The molecule has 1 N–H and O–H groups in total. The zero-order chi connectivity index (χ0) is 19.2. The van der Waals surface area contributed by atoms with Crippen LogP contribution in [0.4, 0.5) is 11.4 Å². The van der Waals surface area contributed by atoms with Crippen LogP contribution in [0.5, 0.6) is 5.75 Å². The van der Waals surface area contributed by atoms with Crippen molar-refractivity contribution in [2.24, 2.45) is 5.92 Å². The number of carbonyl (C=O) groups excluding carboxylic acids is 1. The molecule has 2 aromatic rings. The third-order valence-corrected chi connectivity index (χ3v) is 4.49. The summed E-state index contributed by atoms with van der Waals surface area (Å²) in [7, 11) is 0. The molecule has 1 fully saturated rings. The van der Waals surface area contributed by atoms with E-state index in [1.165, 1.54) is 0 Å². The van der Waals surface area contributed by atoms with Crippen LogP contribution in [0.2, 0.25) is 5.02 Å². The van der Waals surface area contributed by atoms with Crippen LogP contribution in [0.1, 0.15) is 24.2 Å². The fourth-order valence-electron chi connectivity index (χ4n) is 2.85. The number of halogens is 1. The Hall–Kier alpha value is -2.24. The number of hydrogen-bond donors (Lipinski definition) is 1. The highest BCUT2D eigenvalue weighted by atomic mass is 35.5. The van der Waals surface area contributed by atoms with Crippen molar-refractivity contribution in [1.29, 1.82) is 0 Å². The lowest BCUT2D eigenvalue weighted by molar-refractivity contribution is 0.102. The zero-order valence-corrected chi connectivity index (χ0v) is 16.5. The maximum atomic E-state index is 12.7. The lowest BCUT2D eigenvalue weighted by atomic mass is 10.1. The number of rotatable bonds is 6. The van der Waals surface area contributed by atoms with Gasteiger partial charge in [0.1, 0.15) is 5.75 Å². The molecule has 27 heavy (non-hydrogen) atoms. The van der Waals surface area contributed by atoms with E-state index < -0.39 is 0 Å². The second-order valence-corrected chi connectivity index (χ2v) is 7.38. The highest BCUT2D eigenvalue weighted by molar-refractivity contribution is 6.31. The smallest absolute Gasteiger partial charge is 0.255 e. The van der Waals surface area contributed by atoms with Crippen LogP contribution in [0.3, 0.4) is 0 Å². The Kier molecular flexibility index (Phi) is 6.58. The summed E-state index contributed by atoms with van der Waals surface area (Å²) < 4.78 is 11.1. The van der Waals surface area contributed by atoms with E-state index in [1.807, 2.05) is 24.3 Å². The van der Waals surface area contributed by atoms with Crippen molar-refractivity contribution in [2.75, 3.05) is 43.1 Å². The molecule has 1 aliphatic rings. The molecular formula is C21H25ClN2O3. The average Bonchev–Trinajstić information content (AvgIpc) is 2.67. The average molecular weight is 389 g/mol. The van der Waals surface area contributed by atoms with Crippen molar-refractivity contribution in [2.45, 2.75) is 13.8 Å². The molecule has 0 spiro atoms. The number of hydrogen-bond acceptors (Lipinski definition) is 4. The molecule has 0 saturated carbocycles. The summed E-state index contributed by atoms with van der Waals surface area (Å²) in [6.45, 7) is 7.76. The van der Waals surface area contributed by atoms with Crippen LogP contribution in [0.25, 0.3) is 0 Å². The molecule has 0 unspecified atom stereocenters. The lowest BCUT2D eigenvalue weighted by Crippen LogP contribution is -2.36. The second kappa shape index (κ2) is 9.11. The zero-order valence-electron chi connectivity index (χ0n) is 15.7. The van der Waals surface area contributed by atoms with Gasteiger partial charge in [0.2, 0.25) is 0 Å². The van der Waals surface area contributed by atoms with E-state index in [4.69, 9.17) is 21.1 Å². The Labute approximate surface area is 165 Å². The largest absolute Gasteiger partial charge is 0.493 e. The number of nitrogens with zero attached hydrogens (tertiary/aromatic N) is 1. The van der Waals surface area contributed by atoms with Crippen LogP contribution in [0.15, 0.2) is 42.5 Å². The van der Waals surface area contributed by atoms with Gasteiger partial charge < -0.3 is 19.7 Å². The number of amides is 1. The molecule has 1 heterocycles. The molecule has 0 radical (unpaired) electrons. The predicted molar refractivity (Wildman–Crippen MR) is 109 cm³/mol. The van der Waals surface area contributed by atoms with Crippen molar-refractivity contribution >= 4 is 28.9 Å². The first kappa shape index (κ1) is 19.5. The Morgan fingerprint density at radius 1 is 1.19 bits per heavy atom. The van der Waals surface area contributed by atoms with E-state index in [9.17, 15) is 4.79 Å². The quantitative estimate of drug-likeness (QED) is 0.793. The van der Waals surface area contributed by atoms with E-state index in [-0.39, 0.29) is 5.91 Å². The molecule has 5 nitrogen and oxygen atoms in total. The van der Waals surface area contributed by atoms with Gasteiger partial charge >= 0.3 is 0 Å². The molecule has 1 amide bonds. The van der Waals surface area contributed by atoms with E-state index in [1.54, 1.807) is 18.2 Å². The second-order valence-electron chi connectivity index (χ2n) is 6.94. The van der Waals surface area contributed by atoms with Crippen molar-refractivity contribution < 1.29 is 14.3 Å². The van der Waals surface area contributed by atoms with E-state index in [0.29, 0.717) is 42.0 Å². The first-order valence-corrected chi connectivity index (χ1v) is 9.57. The Morgan fingerprint density at radius 2 is 1.89 bits per heavy atom. The summed E-state index contributed by atoms with van der Waals surface area (Å²) in [5.74, 6) is 1.04. The van der Waals surface area contributed by atoms with Crippen molar-refractivity contribution in [1.82, 2.24) is 0 Å². The van der Waals surface area contributed by atoms with E-state index in [0.717, 1.165) is 24.5 Å². The molecule has 2 aromatic carbocycles. The van der Waals surface area contributed by atoms with Gasteiger partial charge in [-0.25, -0.2) is 0 Å². The third kappa shape index (κ3) is 5.37. The fraction of sp³-hybridized carbons (Fsp3) is 0.381. The number of anilines is 2. The molecular weight excluding hydrogens is 364 g/mol. The van der Waals surface area contributed by atoms with Crippen LogP contribution in [0, 0.1) is 5.92 Å². The summed E-state index contributed by atoms with van der Waals surface area (Å²) in [5, 5.41) is 3.57. The molecule has 144 valence electrons. The highest BCUT2D eigenvalue weighted by Crippen LogP contribution is 2.30. The minimum atomic E-state index is -0.179. The number of nitrogens with one attached hydrogen (secondary N) is 1. The number of morpholine rings is 1. The van der Waals surface area contributed by atoms with Gasteiger partial charge in [-0.15, -0.1) is 0 Å². The Morgan fingerprint density at radius 3 is 2.56 bits per heavy atom. The number of benzene rings is 2. The summed E-state index contributed by atoms with van der Waals surface area (Å²) in [6.07, 6.45) is 0. The number of ether oxygens (including phenoxy) is 2. The van der Waals surface area contributed by atoms with Gasteiger partial charge in [-0.05, 0) is 48.4 Å². The lowest BCUT2D eigenvalue weighted by Gasteiger charge is -2.30. The van der Waals surface area contributed by atoms with Crippen molar-refractivity contribution in [3.05, 3.63) is 53.1 Å². The third-order valence-electron chi connectivity index (χ3n) is 4.26. The van der Waals surface area contributed by atoms with E-state index in [2.05, 4.69) is 24.1 Å². The van der Waals surface area contributed by atoms with Gasteiger partial charge in [-0.1, -0.05) is 25.4 Å². The first-order chi connectivity index (χ1) is 13.0. The Bertz CT molecular complexity index is 771. The van der Waals surface area contributed by atoms with E-state index >= 15 is 0 Å². The van der Waals surface area contributed by atoms with Crippen molar-refractivity contribution in [3.8, 4) is 5.75 Å². The monoisotopic (exact) mass is 388 g/mol. The van der Waals surface area contributed by atoms with Gasteiger partial charge in [0.15, 0.2) is 0 Å². The minimum Gasteiger partial charge on any atom is -0.493 e. The van der Waals surface area contributed by atoms with Crippen LogP contribution < -0.4 is 15.0 Å². The molecule has 0 bridgehead atoms. The molecule has 3 rings (SSSR count). The molecule has 1 saturated heterocycles. The predicted octanol–water partition coefficient (Wildman–Crippen LogP) is 4.46. The van der Waals surface area contributed by atoms with Gasteiger partial charge in [-0.3, -0.25) is 4.79 Å². The minimum absolute atomic E-state index is 0.179. The van der Waals surface area contributed by atoms with Gasteiger partial charge in [0.05, 0.1) is 31.2 Å². The molecule has 6 heteroatoms. The SMILES string of the molecule is CC(C)COc1ccc(C(=O)Nc2cc(Cl)ccc2N2CCOCC2)cc1. The van der Waals surface area contributed by atoms with Crippen LogP contribution in [-0.2, 0) is 4.74 Å². The van der Waals surface area contributed by atoms with Gasteiger partial charge in [0.25, 0.3) is 5.91 Å². The van der Waals surface area contributed by atoms with Gasteiger partial charge in [0, 0.05) is 23.7 Å². The first-order valence-electron chi connectivity index (χ1n) is 9.19. The fourth-order valence-corrected chi connectivity index (χ4v) is 3.02. The van der Waals surface area contributed by atoms with Crippen LogP contribution >= 0.6 is 11.6 Å². The summed E-state index contributed by atoms with van der Waals surface area (Å²) in [4.78, 5) is 14.9. The Balaban J connectivity index is 1.72. The summed E-state index contributed by atoms with van der Waals surface area (Å²) >= 11 is 6.16. The van der Waals surface area contributed by atoms with Gasteiger partial charge in [-0.2, -0.15) is 0 Å². The molecule has 0 atom stereocenters. The highest BCUT2D eigenvalue weighted by Gasteiger charge is 2.17. The van der Waals surface area contributed by atoms with Crippen LogP contribution in [-0.4, -0.2) is 38.8 Å². The number of carbonyl (C=O) groups is 1. The standard InChI is InChI=1S/C21H25ClN2O3/c1-15(2)14-27-18-6-3-16(4-7-18)21(25)23-19-13-17(22)5-8-20(19)24-9-11-26-12-10-24/h3-8,13,15H,9-12,14H2,1-2H3,(H,23,25).